The van der Waals surface area contributed by atoms with E-state index in [4.69, 9.17) is 5.73 Å². The Labute approximate surface area is 103 Å². The van der Waals surface area contributed by atoms with Crippen LogP contribution in [0.2, 0.25) is 0 Å². The Morgan fingerprint density at radius 3 is 2.65 bits per heavy atom. The molecule has 1 atom stereocenters. The van der Waals surface area contributed by atoms with Crippen LogP contribution in [0.3, 0.4) is 0 Å². The first-order chi connectivity index (χ1) is 8.17. The van der Waals surface area contributed by atoms with Crippen LogP contribution < -0.4 is 5.73 Å². The molecule has 1 unspecified atom stereocenters. The van der Waals surface area contributed by atoms with Crippen LogP contribution in [0.25, 0.3) is 0 Å². The van der Waals surface area contributed by atoms with Crippen molar-refractivity contribution in [2.75, 3.05) is 13.1 Å². The minimum Gasteiger partial charge on any atom is -0.339 e. The minimum absolute atomic E-state index is 0.169. The fraction of sp³-hybridized carbons (Fsp3) is 0.538. The number of hydrogen-bond acceptors (Lipinski definition) is 3. The van der Waals surface area contributed by atoms with Gasteiger partial charge >= 0.3 is 0 Å². The van der Waals surface area contributed by atoms with Gasteiger partial charge in [0.25, 0.3) is 0 Å². The summed E-state index contributed by atoms with van der Waals surface area (Å²) in [5.74, 6) is 0.413. The van der Waals surface area contributed by atoms with E-state index >= 15 is 0 Å². The molecule has 0 spiro atoms. The lowest BCUT2D eigenvalue weighted by atomic mass is 10.1. The van der Waals surface area contributed by atoms with Gasteiger partial charge in [-0.2, -0.15) is 0 Å². The zero-order valence-electron chi connectivity index (χ0n) is 10.6. The smallest absolute Gasteiger partial charge is 0.223 e. The topological polar surface area (TPSA) is 59.2 Å². The van der Waals surface area contributed by atoms with Gasteiger partial charge in [-0.25, -0.2) is 0 Å². The third kappa shape index (κ3) is 4.53. The van der Waals surface area contributed by atoms with Crippen molar-refractivity contribution in [3.63, 3.8) is 0 Å². The standard InChI is InChI=1S/C13H21N3O/c1-3-16(13(17)8-11(2)9-14)10-12-4-6-15-7-5-12/h4-7,11H,3,8-10,14H2,1-2H3. The molecule has 2 N–H and O–H groups in total. The lowest BCUT2D eigenvalue weighted by molar-refractivity contribution is -0.132. The van der Waals surface area contributed by atoms with Crippen LogP contribution in [0.15, 0.2) is 24.5 Å². The molecule has 0 fully saturated rings. The van der Waals surface area contributed by atoms with Crippen LogP contribution in [0, 0.1) is 5.92 Å². The molecule has 0 saturated carbocycles. The summed E-state index contributed by atoms with van der Waals surface area (Å²) >= 11 is 0. The Morgan fingerprint density at radius 1 is 1.47 bits per heavy atom. The molecule has 1 aromatic heterocycles. The van der Waals surface area contributed by atoms with Crippen LogP contribution in [0.4, 0.5) is 0 Å². The van der Waals surface area contributed by atoms with Gasteiger partial charge in [0.15, 0.2) is 0 Å². The fourth-order valence-electron chi connectivity index (χ4n) is 1.60. The van der Waals surface area contributed by atoms with Crippen LogP contribution >= 0.6 is 0 Å². The van der Waals surface area contributed by atoms with Crippen molar-refractivity contribution >= 4 is 5.91 Å². The van der Waals surface area contributed by atoms with Crippen molar-refractivity contribution in [1.82, 2.24) is 9.88 Å². The Bertz CT molecular complexity index is 340. The summed E-state index contributed by atoms with van der Waals surface area (Å²) in [4.78, 5) is 17.8. The Kier molecular flexibility index (Phi) is 5.63. The lowest BCUT2D eigenvalue weighted by Crippen LogP contribution is -2.32. The van der Waals surface area contributed by atoms with Gasteiger partial charge in [-0.3, -0.25) is 9.78 Å². The van der Waals surface area contributed by atoms with Crippen LogP contribution in [0.1, 0.15) is 25.8 Å². The Balaban J connectivity index is 2.56. The molecule has 1 rings (SSSR count). The van der Waals surface area contributed by atoms with E-state index in [2.05, 4.69) is 4.98 Å². The van der Waals surface area contributed by atoms with Gasteiger partial charge in [-0.15, -0.1) is 0 Å². The Hall–Kier alpha value is -1.42. The second-order valence-electron chi connectivity index (χ2n) is 4.31. The number of nitrogens with two attached hydrogens (primary N) is 1. The number of hydrogen-bond donors (Lipinski definition) is 1. The van der Waals surface area contributed by atoms with E-state index in [1.165, 1.54) is 0 Å². The second-order valence-corrected chi connectivity index (χ2v) is 4.31. The van der Waals surface area contributed by atoms with E-state index in [1.54, 1.807) is 12.4 Å². The van der Waals surface area contributed by atoms with Crippen LogP contribution in [-0.4, -0.2) is 28.9 Å². The second kappa shape index (κ2) is 7.01. The zero-order valence-corrected chi connectivity index (χ0v) is 10.6. The minimum atomic E-state index is 0.169. The highest BCUT2D eigenvalue weighted by molar-refractivity contribution is 5.76. The molecule has 1 aromatic rings. The normalized spacial score (nSPS) is 12.2. The molecular formula is C13H21N3O. The summed E-state index contributed by atoms with van der Waals surface area (Å²) in [7, 11) is 0. The number of amides is 1. The summed E-state index contributed by atoms with van der Waals surface area (Å²) < 4.78 is 0. The maximum Gasteiger partial charge on any atom is 0.223 e. The molecule has 94 valence electrons. The molecule has 4 heteroatoms. The first-order valence-corrected chi connectivity index (χ1v) is 6.04. The van der Waals surface area contributed by atoms with Crippen molar-refractivity contribution < 1.29 is 4.79 Å². The number of carbonyl (C=O) groups excluding carboxylic acids is 1. The highest BCUT2D eigenvalue weighted by Crippen LogP contribution is 2.08. The largest absolute Gasteiger partial charge is 0.339 e. The van der Waals surface area contributed by atoms with E-state index in [0.717, 1.165) is 12.1 Å². The van der Waals surface area contributed by atoms with Crippen LogP contribution in [-0.2, 0) is 11.3 Å². The number of carbonyl (C=O) groups is 1. The molecule has 0 bridgehead atoms. The van der Waals surface area contributed by atoms with Crippen molar-refractivity contribution in [3.05, 3.63) is 30.1 Å². The van der Waals surface area contributed by atoms with Crippen molar-refractivity contribution in [2.45, 2.75) is 26.8 Å². The fourth-order valence-corrected chi connectivity index (χ4v) is 1.60. The predicted octanol–water partition coefficient (Wildman–Crippen LogP) is 1.41. The van der Waals surface area contributed by atoms with E-state index in [-0.39, 0.29) is 11.8 Å². The average Bonchev–Trinajstić information content (AvgIpc) is 2.36. The van der Waals surface area contributed by atoms with Gasteiger partial charge in [0.1, 0.15) is 0 Å². The monoisotopic (exact) mass is 235 g/mol. The Morgan fingerprint density at radius 2 is 2.12 bits per heavy atom. The molecule has 0 aliphatic heterocycles. The summed E-state index contributed by atoms with van der Waals surface area (Å²) in [6.07, 6.45) is 4.02. The first kappa shape index (κ1) is 13.6. The summed E-state index contributed by atoms with van der Waals surface area (Å²) in [5, 5.41) is 0. The van der Waals surface area contributed by atoms with E-state index < -0.39 is 0 Å². The van der Waals surface area contributed by atoms with E-state index in [1.807, 2.05) is 30.9 Å². The van der Waals surface area contributed by atoms with Crippen molar-refractivity contribution in [3.8, 4) is 0 Å². The van der Waals surface area contributed by atoms with Crippen molar-refractivity contribution in [2.24, 2.45) is 11.7 Å². The molecular weight excluding hydrogens is 214 g/mol. The summed E-state index contributed by atoms with van der Waals surface area (Å²) in [6.45, 7) is 5.91. The lowest BCUT2D eigenvalue weighted by Gasteiger charge is -2.22. The molecule has 0 aromatic carbocycles. The molecule has 0 aliphatic carbocycles. The third-order valence-corrected chi connectivity index (χ3v) is 2.78. The van der Waals surface area contributed by atoms with E-state index in [9.17, 15) is 4.79 Å². The molecule has 1 amide bonds. The molecule has 17 heavy (non-hydrogen) atoms. The van der Waals surface area contributed by atoms with Gasteiger partial charge in [0.2, 0.25) is 5.91 Å². The number of aromatic nitrogens is 1. The maximum atomic E-state index is 12.0. The number of nitrogens with zero attached hydrogens (tertiary/aromatic N) is 2. The van der Waals surface area contributed by atoms with Gasteiger partial charge in [0, 0.05) is 31.9 Å². The molecule has 0 saturated heterocycles. The number of pyridine rings is 1. The highest BCUT2D eigenvalue weighted by atomic mass is 16.2. The predicted molar refractivity (Wildman–Crippen MR) is 68.2 cm³/mol. The molecule has 4 nitrogen and oxygen atoms in total. The highest BCUT2D eigenvalue weighted by Gasteiger charge is 2.14. The van der Waals surface area contributed by atoms with Gasteiger partial charge in [-0.05, 0) is 37.1 Å². The summed E-state index contributed by atoms with van der Waals surface area (Å²) in [6, 6.07) is 3.87. The number of rotatable bonds is 6. The summed E-state index contributed by atoms with van der Waals surface area (Å²) in [5.41, 5.74) is 6.64. The average molecular weight is 235 g/mol. The molecule has 0 aliphatic rings. The van der Waals surface area contributed by atoms with E-state index in [0.29, 0.717) is 19.5 Å². The van der Waals surface area contributed by atoms with Gasteiger partial charge in [-0.1, -0.05) is 6.92 Å². The SMILES string of the molecule is CCN(Cc1ccncc1)C(=O)CC(C)CN. The maximum absolute atomic E-state index is 12.0. The van der Waals surface area contributed by atoms with Crippen molar-refractivity contribution in [1.29, 1.82) is 0 Å². The van der Waals surface area contributed by atoms with Gasteiger partial charge in [0.05, 0.1) is 0 Å². The third-order valence-electron chi connectivity index (χ3n) is 2.78. The first-order valence-electron chi connectivity index (χ1n) is 6.04. The zero-order chi connectivity index (χ0) is 12.7. The van der Waals surface area contributed by atoms with Crippen LogP contribution in [0.5, 0.6) is 0 Å². The van der Waals surface area contributed by atoms with Gasteiger partial charge < -0.3 is 10.6 Å². The molecule has 0 radical (unpaired) electrons. The quantitative estimate of drug-likeness (QED) is 0.811. The molecule has 1 heterocycles.